The van der Waals surface area contributed by atoms with Crippen LogP contribution in [0.2, 0.25) is 0 Å². The highest BCUT2D eigenvalue weighted by Crippen LogP contribution is 2.34. The molecule has 0 spiro atoms. The van der Waals surface area contributed by atoms with Crippen LogP contribution in [-0.4, -0.2) is 86.4 Å². The Labute approximate surface area is 211 Å². The Balaban J connectivity index is 1.66. The summed E-state index contributed by atoms with van der Waals surface area (Å²) >= 11 is 0. The van der Waals surface area contributed by atoms with Crippen LogP contribution in [-0.2, 0) is 27.4 Å². The number of carbonyl (C=O) groups excluding carboxylic acids is 1. The van der Waals surface area contributed by atoms with Crippen LogP contribution in [0.25, 0.3) is 10.9 Å². The molecule has 194 valence electrons. The van der Waals surface area contributed by atoms with Gasteiger partial charge in [-0.05, 0) is 25.1 Å². The molecule has 0 unspecified atom stereocenters. The molecular formula is C26H35N5O5. The fraction of sp³-hybridized carbons (Fsp3) is 0.500. The zero-order chi connectivity index (χ0) is 25.5. The summed E-state index contributed by atoms with van der Waals surface area (Å²) in [7, 11) is 4.88. The van der Waals surface area contributed by atoms with Gasteiger partial charge in [-0.2, -0.15) is 5.10 Å². The minimum atomic E-state index is 0.0422. The van der Waals surface area contributed by atoms with E-state index in [1.807, 2.05) is 36.2 Å². The minimum absolute atomic E-state index is 0.0422. The number of aromatic nitrogens is 3. The molecule has 10 nitrogen and oxygen atoms in total. The minimum Gasteiger partial charge on any atom is -0.493 e. The van der Waals surface area contributed by atoms with Crippen molar-refractivity contribution in [2.24, 2.45) is 0 Å². The molecule has 4 rings (SSSR count). The summed E-state index contributed by atoms with van der Waals surface area (Å²) < 4.78 is 23.7. The number of fused-ring (bicyclic) bond motifs is 1. The summed E-state index contributed by atoms with van der Waals surface area (Å²) in [5.41, 5.74) is 2.71. The average Bonchev–Trinajstić information content (AvgIpc) is 3.33. The molecule has 1 amide bonds. The largest absolute Gasteiger partial charge is 0.493 e. The SMILES string of the molecule is COCCN(Cc1cc2cc(OC)c(OC)cc2nc1N1CCOCC1)C(=O)CCn1ccc(C)n1. The normalized spacial score (nSPS) is 13.7. The number of rotatable bonds is 11. The summed E-state index contributed by atoms with van der Waals surface area (Å²) in [5.74, 6) is 2.17. The summed E-state index contributed by atoms with van der Waals surface area (Å²) in [5, 5.41) is 5.32. The van der Waals surface area contributed by atoms with E-state index in [0.29, 0.717) is 57.4 Å². The van der Waals surface area contributed by atoms with Crippen LogP contribution in [0.4, 0.5) is 5.82 Å². The van der Waals surface area contributed by atoms with Crippen molar-refractivity contribution >= 4 is 22.6 Å². The maximum atomic E-state index is 13.3. The van der Waals surface area contributed by atoms with Gasteiger partial charge in [-0.15, -0.1) is 0 Å². The first-order valence-corrected chi connectivity index (χ1v) is 12.2. The van der Waals surface area contributed by atoms with Crippen LogP contribution in [0.3, 0.4) is 0 Å². The second-order valence-corrected chi connectivity index (χ2v) is 8.75. The predicted octanol–water partition coefficient (Wildman–Crippen LogP) is 2.66. The highest BCUT2D eigenvalue weighted by atomic mass is 16.5. The number of amides is 1. The quantitative estimate of drug-likeness (QED) is 0.399. The van der Waals surface area contributed by atoms with Crippen LogP contribution < -0.4 is 14.4 Å². The Hall–Kier alpha value is -3.37. The summed E-state index contributed by atoms with van der Waals surface area (Å²) in [6.07, 6.45) is 2.25. The Morgan fingerprint density at radius 3 is 2.53 bits per heavy atom. The number of morpholine rings is 1. The monoisotopic (exact) mass is 497 g/mol. The van der Waals surface area contributed by atoms with E-state index in [0.717, 1.165) is 41.1 Å². The van der Waals surface area contributed by atoms with Crippen molar-refractivity contribution < 1.29 is 23.7 Å². The van der Waals surface area contributed by atoms with Crippen molar-refractivity contribution in [1.82, 2.24) is 19.7 Å². The average molecular weight is 498 g/mol. The van der Waals surface area contributed by atoms with Gasteiger partial charge in [0.05, 0.1) is 45.3 Å². The molecule has 1 aliphatic heterocycles. The van der Waals surface area contributed by atoms with Gasteiger partial charge in [0.1, 0.15) is 5.82 Å². The molecule has 1 saturated heterocycles. The Bertz CT molecular complexity index is 1170. The highest BCUT2D eigenvalue weighted by molar-refractivity contribution is 5.86. The molecule has 0 saturated carbocycles. The van der Waals surface area contributed by atoms with Crippen LogP contribution in [0.5, 0.6) is 11.5 Å². The van der Waals surface area contributed by atoms with E-state index in [1.54, 1.807) is 26.0 Å². The van der Waals surface area contributed by atoms with E-state index in [-0.39, 0.29) is 5.91 Å². The summed E-state index contributed by atoms with van der Waals surface area (Å²) in [4.78, 5) is 22.4. The van der Waals surface area contributed by atoms with E-state index < -0.39 is 0 Å². The lowest BCUT2D eigenvalue weighted by molar-refractivity contribution is -0.132. The third-order valence-electron chi connectivity index (χ3n) is 6.29. The van der Waals surface area contributed by atoms with Crippen molar-refractivity contribution in [3.63, 3.8) is 0 Å². The van der Waals surface area contributed by atoms with Crippen molar-refractivity contribution in [3.8, 4) is 11.5 Å². The number of anilines is 1. The first kappa shape index (κ1) is 25.7. The summed E-state index contributed by atoms with van der Waals surface area (Å²) in [6.45, 7) is 6.58. The molecule has 3 heterocycles. The number of carbonyl (C=O) groups is 1. The summed E-state index contributed by atoms with van der Waals surface area (Å²) in [6, 6.07) is 7.85. The zero-order valence-electron chi connectivity index (χ0n) is 21.5. The number of ether oxygens (including phenoxy) is 4. The lowest BCUT2D eigenvalue weighted by atomic mass is 10.1. The fourth-order valence-corrected chi connectivity index (χ4v) is 4.35. The second-order valence-electron chi connectivity index (χ2n) is 8.75. The van der Waals surface area contributed by atoms with Gasteiger partial charge in [0.25, 0.3) is 0 Å². The number of hydrogen-bond donors (Lipinski definition) is 0. The maximum Gasteiger partial charge on any atom is 0.224 e. The highest BCUT2D eigenvalue weighted by Gasteiger charge is 2.22. The molecule has 1 fully saturated rings. The van der Waals surface area contributed by atoms with Crippen molar-refractivity contribution in [3.05, 3.63) is 41.7 Å². The second kappa shape index (κ2) is 12.0. The molecule has 0 N–H and O–H groups in total. The molecule has 0 atom stereocenters. The molecule has 0 aliphatic carbocycles. The molecule has 1 aromatic carbocycles. The van der Waals surface area contributed by atoms with Gasteiger partial charge in [-0.25, -0.2) is 4.98 Å². The number of nitrogens with zero attached hydrogens (tertiary/aromatic N) is 5. The molecule has 0 radical (unpaired) electrons. The van der Waals surface area contributed by atoms with E-state index in [9.17, 15) is 4.79 Å². The number of benzene rings is 1. The van der Waals surface area contributed by atoms with Crippen LogP contribution in [0.1, 0.15) is 17.7 Å². The first-order valence-electron chi connectivity index (χ1n) is 12.2. The van der Waals surface area contributed by atoms with Crippen molar-refractivity contribution in [2.45, 2.75) is 26.4 Å². The van der Waals surface area contributed by atoms with E-state index >= 15 is 0 Å². The maximum absolute atomic E-state index is 13.3. The number of pyridine rings is 1. The van der Waals surface area contributed by atoms with Crippen LogP contribution >= 0.6 is 0 Å². The van der Waals surface area contributed by atoms with Gasteiger partial charge in [0, 0.05) is 69.5 Å². The number of aryl methyl sites for hydroxylation is 2. The van der Waals surface area contributed by atoms with Gasteiger partial charge in [-0.1, -0.05) is 0 Å². The first-order chi connectivity index (χ1) is 17.5. The topological polar surface area (TPSA) is 91.2 Å². The lowest BCUT2D eigenvalue weighted by Crippen LogP contribution is -2.39. The third kappa shape index (κ3) is 6.06. The van der Waals surface area contributed by atoms with Gasteiger partial charge in [0.2, 0.25) is 5.91 Å². The van der Waals surface area contributed by atoms with Gasteiger partial charge in [0.15, 0.2) is 11.5 Å². The molecule has 2 aromatic heterocycles. The third-order valence-corrected chi connectivity index (χ3v) is 6.29. The van der Waals surface area contributed by atoms with E-state index in [4.69, 9.17) is 23.9 Å². The number of hydrogen-bond acceptors (Lipinski definition) is 8. The molecule has 36 heavy (non-hydrogen) atoms. The fourth-order valence-electron chi connectivity index (χ4n) is 4.35. The molecular weight excluding hydrogens is 462 g/mol. The molecule has 1 aliphatic rings. The molecule has 3 aromatic rings. The Kier molecular flexibility index (Phi) is 8.61. The van der Waals surface area contributed by atoms with Gasteiger partial charge in [-0.3, -0.25) is 9.48 Å². The van der Waals surface area contributed by atoms with E-state index in [2.05, 4.69) is 16.1 Å². The van der Waals surface area contributed by atoms with Crippen LogP contribution in [0.15, 0.2) is 30.5 Å². The lowest BCUT2D eigenvalue weighted by Gasteiger charge is -2.31. The molecule has 10 heteroatoms. The molecule has 0 bridgehead atoms. The van der Waals surface area contributed by atoms with Crippen molar-refractivity contribution in [1.29, 1.82) is 0 Å². The zero-order valence-corrected chi connectivity index (χ0v) is 21.5. The van der Waals surface area contributed by atoms with Crippen molar-refractivity contribution in [2.75, 3.05) is 65.7 Å². The predicted molar refractivity (Wildman–Crippen MR) is 137 cm³/mol. The number of methoxy groups -OCH3 is 3. The Morgan fingerprint density at radius 2 is 1.86 bits per heavy atom. The van der Waals surface area contributed by atoms with Gasteiger partial charge < -0.3 is 28.7 Å². The smallest absolute Gasteiger partial charge is 0.224 e. The van der Waals surface area contributed by atoms with Gasteiger partial charge >= 0.3 is 0 Å². The van der Waals surface area contributed by atoms with Crippen LogP contribution in [0, 0.1) is 6.92 Å². The Morgan fingerprint density at radius 1 is 1.11 bits per heavy atom. The standard InChI is InChI=1S/C26H35N5O5/c1-19-5-7-31(28-19)8-6-25(32)30(9-12-33-2)18-21-15-20-16-23(34-3)24(35-4)17-22(20)27-26(21)29-10-13-36-14-11-29/h5,7,15-17H,6,8-14,18H2,1-4H3. The van der Waals surface area contributed by atoms with E-state index in [1.165, 1.54) is 0 Å².